The molecular formula is C6H12KNO6+4. The molecule has 0 saturated heterocycles. The van der Waals surface area contributed by atoms with Crippen molar-refractivity contribution in [2.75, 3.05) is 0 Å². The molecule has 0 fully saturated rings. The Balaban J connectivity index is -0.0000000270. The first-order valence-electron chi connectivity index (χ1n) is 2.78. The van der Waals surface area contributed by atoms with Crippen molar-refractivity contribution in [2.24, 2.45) is 0 Å². The Hall–Kier alpha value is -0.244. The summed E-state index contributed by atoms with van der Waals surface area (Å²) in [6.45, 7) is 3.25. The van der Waals surface area contributed by atoms with Gasteiger partial charge in [-0.05, 0) is 0 Å². The van der Waals surface area contributed by atoms with Crippen molar-refractivity contribution in [3.63, 3.8) is 0 Å². The van der Waals surface area contributed by atoms with E-state index in [2.05, 4.69) is 0 Å². The third-order valence-electron chi connectivity index (χ3n) is 0. The third-order valence-corrected chi connectivity index (χ3v) is 0. The summed E-state index contributed by atoms with van der Waals surface area (Å²) in [4.78, 5) is 27.0. The quantitative estimate of drug-likeness (QED) is 0.376. The standard InChI is InChI=1S/3C2H4O2.K.N/c3*1-2(3)4;;/h3*1H3,(H,3,4);;/q;;;+1;+3. The van der Waals surface area contributed by atoms with E-state index in [1.165, 1.54) is 0 Å². The molecular weight excluding hydrogens is 221 g/mol. The molecule has 74 valence electrons. The fourth-order valence-corrected chi connectivity index (χ4v) is 0. The van der Waals surface area contributed by atoms with Gasteiger partial charge in [0.25, 0.3) is 17.9 Å². The van der Waals surface area contributed by atoms with Crippen LogP contribution in [-0.4, -0.2) is 33.2 Å². The van der Waals surface area contributed by atoms with E-state index in [-0.39, 0.29) is 57.5 Å². The van der Waals surface area contributed by atoms with Crippen LogP contribution >= 0.6 is 0 Å². The maximum atomic E-state index is 9.00. The zero-order valence-corrected chi connectivity index (χ0v) is 11.6. The molecule has 0 aromatic carbocycles. The first-order chi connectivity index (χ1) is 5.20. The van der Waals surface area contributed by atoms with Crippen LogP contribution < -0.4 is 57.5 Å². The summed E-state index contributed by atoms with van der Waals surface area (Å²) in [7, 11) is 0. The van der Waals surface area contributed by atoms with E-state index in [0.29, 0.717) is 0 Å². The molecule has 7 nitrogen and oxygen atoms in total. The molecule has 0 rings (SSSR count). The molecule has 8 heteroatoms. The number of hydrogen-bond donors (Lipinski definition) is 3. The molecule has 0 aliphatic heterocycles. The molecule has 0 aromatic heterocycles. The zero-order valence-electron chi connectivity index (χ0n) is 8.51. The molecule has 0 heterocycles. The van der Waals surface area contributed by atoms with Gasteiger partial charge >= 0.3 is 57.5 Å². The summed E-state index contributed by atoms with van der Waals surface area (Å²) < 4.78 is 0. The van der Waals surface area contributed by atoms with Gasteiger partial charge in [-0.3, -0.25) is 14.4 Å². The number of aliphatic carboxylic acids is 3. The minimum Gasteiger partial charge on any atom is -0.481 e. The Morgan fingerprint density at radius 1 is 0.714 bits per heavy atom. The van der Waals surface area contributed by atoms with Crippen LogP contribution in [0.3, 0.4) is 0 Å². The Morgan fingerprint density at radius 2 is 0.714 bits per heavy atom. The average molecular weight is 233 g/mol. The second-order valence-corrected chi connectivity index (χ2v) is 1.56. The SMILES string of the molecule is CC(=O)O.CC(=O)O.CC(=O)O.[K+].[N+3]. The van der Waals surface area contributed by atoms with Crippen LogP contribution in [0, 0.1) is 0 Å². The average Bonchev–Trinajstić information content (AvgIpc) is 1.54. The molecule has 0 aliphatic carbocycles. The number of nitrogens with zero attached hydrogens (tertiary/aromatic N) is 1. The first kappa shape index (κ1) is 29.2. The van der Waals surface area contributed by atoms with Gasteiger partial charge in [-0.15, -0.1) is 0 Å². The van der Waals surface area contributed by atoms with Crippen LogP contribution in [0.2, 0.25) is 0 Å². The minimum atomic E-state index is -0.833. The fraction of sp³-hybridized carbons (Fsp3) is 0.500. The van der Waals surface area contributed by atoms with Crippen molar-refractivity contribution in [3.8, 4) is 0 Å². The first-order valence-corrected chi connectivity index (χ1v) is 2.78. The normalized spacial score (nSPS) is 5.36. The Kier molecular flexibility index (Phi) is 48.0. The molecule has 0 saturated carbocycles. The van der Waals surface area contributed by atoms with E-state index in [1.807, 2.05) is 0 Å². The summed E-state index contributed by atoms with van der Waals surface area (Å²) in [6.07, 6.45) is 0. The van der Waals surface area contributed by atoms with Crippen LogP contribution in [-0.2, 0) is 14.4 Å². The number of carbonyl (C=O) groups is 3. The number of rotatable bonds is 0. The van der Waals surface area contributed by atoms with Gasteiger partial charge in [-0.25, -0.2) is 0 Å². The minimum absolute atomic E-state index is 0. The molecule has 0 atom stereocenters. The van der Waals surface area contributed by atoms with Crippen molar-refractivity contribution in [3.05, 3.63) is 0 Å². The van der Waals surface area contributed by atoms with Crippen molar-refractivity contribution in [1.29, 1.82) is 0 Å². The largest absolute Gasteiger partial charge is 3.00 e. The monoisotopic (exact) mass is 233 g/mol. The van der Waals surface area contributed by atoms with E-state index in [4.69, 9.17) is 29.7 Å². The second-order valence-electron chi connectivity index (χ2n) is 1.56. The maximum absolute atomic E-state index is 9.00. The van der Waals surface area contributed by atoms with Crippen molar-refractivity contribution in [1.82, 2.24) is 6.15 Å². The molecule has 14 heavy (non-hydrogen) atoms. The van der Waals surface area contributed by atoms with E-state index in [1.54, 1.807) is 0 Å². The van der Waals surface area contributed by atoms with E-state index in [9.17, 15) is 0 Å². The van der Waals surface area contributed by atoms with E-state index in [0.717, 1.165) is 20.8 Å². The summed E-state index contributed by atoms with van der Waals surface area (Å²) >= 11 is 0. The van der Waals surface area contributed by atoms with Crippen molar-refractivity contribution >= 4 is 17.9 Å². The van der Waals surface area contributed by atoms with Crippen LogP contribution in [0.1, 0.15) is 20.8 Å². The Labute approximate surface area is 125 Å². The van der Waals surface area contributed by atoms with Crippen LogP contribution in [0.5, 0.6) is 0 Å². The Morgan fingerprint density at radius 3 is 0.714 bits per heavy atom. The molecule has 0 bridgehead atoms. The molecule has 0 aromatic rings. The molecule has 2 radical (unpaired) electrons. The molecule has 0 spiro atoms. The smallest absolute Gasteiger partial charge is 0.481 e. The predicted octanol–water partition coefficient (Wildman–Crippen LogP) is -3.20. The van der Waals surface area contributed by atoms with Crippen molar-refractivity contribution < 1.29 is 81.1 Å². The van der Waals surface area contributed by atoms with Gasteiger partial charge in [0, 0.05) is 20.8 Å². The van der Waals surface area contributed by atoms with Crippen LogP contribution in [0.25, 0.3) is 0 Å². The zero-order chi connectivity index (χ0) is 10.7. The summed E-state index contributed by atoms with van der Waals surface area (Å²) in [6, 6.07) is 0. The topological polar surface area (TPSA) is 142 Å². The maximum Gasteiger partial charge on any atom is 3.00 e. The van der Waals surface area contributed by atoms with Gasteiger partial charge in [0.1, 0.15) is 0 Å². The van der Waals surface area contributed by atoms with E-state index >= 15 is 0 Å². The third kappa shape index (κ3) is 22900. The second kappa shape index (κ2) is 23.0. The van der Waals surface area contributed by atoms with Gasteiger partial charge in [0.15, 0.2) is 0 Å². The van der Waals surface area contributed by atoms with Gasteiger partial charge in [0.05, 0.1) is 0 Å². The summed E-state index contributed by atoms with van der Waals surface area (Å²) in [5.74, 6) is -2.50. The van der Waals surface area contributed by atoms with E-state index < -0.39 is 17.9 Å². The summed E-state index contributed by atoms with van der Waals surface area (Å²) in [5.41, 5.74) is 0. The van der Waals surface area contributed by atoms with Gasteiger partial charge in [-0.1, -0.05) is 0 Å². The number of carboxylic acids is 3. The fourth-order valence-electron chi connectivity index (χ4n) is 0. The predicted molar refractivity (Wildman–Crippen MR) is 42.1 cm³/mol. The number of carboxylic acid groups (broad SMARTS) is 3. The van der Waals surface area contributed by atoms with Gasteiger partial charge < -0.3 is 15.3 Å². The Bertz CT molecular complexity index is 120. The summed E-state index contributed by atoms with van der Waals surface area (Å²) in [5, 5.41) is 22.2. The molecule has 3 N–H and O–H groups in total. The van der Waals surface area contributed by atoms with Crippen LogP contribution in [0.15, 0.2) is 0 Å². The van der Waals surface area contributed by atoms with Gasteiger partial charge in [-0.2, -0.15) is 0 Å². The molecule has 0 aliphatic rings. The van der Waals surface area contributed by atoms with Gasteiger partial charge in [0.2, 0.25) is 0 Å². The molecule has 0 amide bonds. The van der Waals surface area contributed by atoms with Crippen LogP contribution in [0.4, 0.5) is 0 Å². The molecule has 0 unspecified atom stereocenters. The number of hydrogen-bond acceptors (Lipinski definition) is 3. The van der Waals surface area contributed by atoms with Crippen molar-refractivity contribution in [2.45, 2.75) is 20.8 Å².